The molecule has 3 heteroatoms. The molecule has 3 nitrogen and oxygen atoms in total. The first kappa shape index (κ1) is 10.4. The van der Waals surface area contributed by atoms with Crippen LogP contribution in [-0.4, -0.2) is 62.7 Å². The number of hydrogen-bond acceptors (Lipinski definition) is 3. The van der Waals surface area contributed by atoms with Crippen molar-refractivity contribution in [3.05, 3.63) is 0 Å². The maximum atomic E-state index is 3.34. The van der Waals surface area contributed by atoms with E-state index < -0.39 is 0 Å². The first-order valence-electron chi connectivity index (χ1n) is 5.85. The maximum Gasteiger partial charge on any atom is 0.0342 e. The van der Waals surface area contributed by atoms with Crippen LogP contribution in [0, 0.1) is 5.92 Å². The lowest BCUT2D eigenvalue weighted by Gasteiger charge is -2.39. The van der Waals surface area contributed by atoms with Gasteiger partial charge in [-0.2, -0.15) is 0 Å². The molecule has 1 N–H and O–H groups in total. The average molecular weight is 197 g/mol. The Balaban J connectivity index is 1.72. The SMILES string of the molecule is CN1CCCC(CN(C)C2CNC2)C1. The van der Waals surface area contributed by atoms with Crippen LogP contribution < -0.4 is 5.32 Å². The number of likely N-dealkylation sites (tertiary alicyclic amines) is 1. The minimum absolute atomic E-state index is 0.808. The van der Waals surface area contributed by atoms with Gasteiger partial charge in [0.1, 0.15) is 0 Å². The topological polar surface area (TPSA) is 18.5 Å². The maximum absolute atomic E-state index is 3.34. The summed E-state index contributed by atoms with van der Waals surface area (Å²) in [4.78, 5) is 5.02. The molecule has 2 saturated heterocycles. The molecule has 0 saturated carbocycles. The van der Waals surface area contributed by atoms with Gasteiger partial charge in [-0.1, -0.05) is 0 Å². The summed E-state index contributed by atoms with van der Waals surface area (Å²) < 4.78 is 0. The van der Waals surface area contributed by atoms with Crippen molar-refractivity contribution in [2.75, 3.05) is 46.8 Å². The van der Waals surface area contributed by atoms with Crippen LogP contribution in [0.5, 0.6) is 0 Å². The van der Waals surface area contributed by atoms with E-state index in [4.69, 9.17) is 0 Å². The van der Waals surface area contributed by atoms with Crippen LogP contribution in [0.1, 0.15) is 12.8 Å². The number of likely N-dealkylation sites (N-methyl/N-ethyl adjacent to an activating group) is 1. The highest BCUT2D eigenvalue weighted by Crippen LogP contribution is 2.17. The lowest BCUT2D eigenvalue weighted by molar-refractivity contribution is 0.118. The molecule has 2 aliphatic rings. The van der Waals surface area contributed by atoms with Gasteiger partial charge in [0, 0.05) is 32.2 Å². The third kappa shape index (κ3) is 2.47. The van der Waals surface area contributed by atoms with E-state index >= 15 is 0 Å². The Morgan fingerprint density at radius 3 is 2.79 bits per heavy atom. The van der Waals surface area contributed by atoms with Gasteiger partial charge in [0.25, 0.3) is 0 Å². The number of nitrogens with one attached hydrogen (secondary N) is 1. The molecule has 2 heterocycles. The molecule has 2 aliphatic heterocycles. The molecule has 1 unspecified atom stereocenters. The second-order valence-electron chi connectivity index (χ2n) is 5.02. The quantitative estimate of drug-likeness (QED) is 0.699. The van der Waals surface area contributed by atoms with E-state index in [0.29, 0.717) is 0 Å². The van der Waals surface area contributed by atoms with Crippen LogP contribution in [0.4, 0.5) is 0 Å². The Hall–Kier alpha value is -0.120. The lowest BCUT2D eigenvalue weighted by Crippen LogP contribution is -2.57. The van der Waals surface area contributed by atoms with E-state index in [-0.39, 0.29) is 0 Å². The Morgan fingerprint density at radius 2 is 2.21 bits per heavy atom. The van der Waals surface area contributed by atoms with Gasteiger partial charge in [-0.25, -0.2) is 0 Å². The van der Waals surface area contributed by atoms with Gasteiger partial charge in [-0.3, -0.25) is 0 Å². The second-order valence-corrected chi connectivity index (χ2v) is 5.02. The van der Waals surface area contributed by atoms with E-state index in [1.807, 2.05) is 0 Å². The van der Waals surface area contributed by atoms with Gasteiger partial charge in [-0.05, 0) is 39.4 Å². The van der Waals surface area contributed by atoms with E-state index in [0.717, 1.165) is 12.0 Å². The number of piperidine rings is 1. The molecule has 1 atom stereocenters. The van der Waals surface area contributed by atoms with Gasteiger partial charge in [0.05, 0.1) is 0 Å². The van der Waals surface area contributed by atoms with Crippen LogP contribution >= 0.6 is 0 Å². The summed E-state index contributed by atoms with van der Waals surface area (Å²) in [7, 11) is 4.52. The monoisotopic (exact) mass is 197 g/mol. The largest absolute Gasteiger partial charge is 0.314 e. The fourth-order valence-corrected chi connectivity index (χ4v) is 2.56. The minimum Gasteiger partial charge on any atom is -0.314 e. The highest BCUT2D eigenvalue weighted by molar-refractivity contribution is 4.84. The highest BCUT2D eigenvalue weighted by Gasteiger charge is 2.25. The molecule has 0 aliphatic carbocycles. The number of nitrogens with zero attached hydrogens (tertiary/aromatic N) is 2. The van der Waals surface area contributed by atoms with E-state index in [2.05, 4.69) is 29.2 Å². The van der Waals surface area contributed by atoms with Crippen LogP contribution in [0.2, 0.25) is 0 Å². The molecule has 0 aromatic carbocycles. The molecule has 82 valence electrons. The zero-order valence-corrected chi connectivity index (χ0v) is 9.50. The minimum atomic E-state index is 0.808. The van der Waals surface area contributed by atoms with Crippen molar-refractivity contribution >= 4 is 0 Å². The van der Waals surface area contributed by atoms with E-state index in [1.165, 1.54) is 45.6 Å². The molecule has 0 aromatic rings. The Bertz CT molecular complexity index is 179. The summed E-state index contributed by atoms with van der Waals surface area (Å²) in [5, 5.41) is 3.34. The van der Waals surface area contributed by atoms with Crippen LogP contribution in [-0.2, 0) is 0 Å². The predicted octanol–water partition coefficient (Wildman–Crippen LogP) is 0.232. The van der Waals surface area contributed by atoms with Gasteiger partial charge in [0.2, 0.25) is 0 Å². The van der Waals surface area contributed by atoms with E-state index in [9.17, 15) is 0 Å². The van der Waals surface area contributed by atoms with Gasteiger partial charge < -0.3 is 15.1 Å². The molecule has 2 fully saturated rings. The molecule has 2 rings (SSSR count). The van der Waals surface area contributed by atoms with Crippen LogP contribution in [0.3, 0.4) is 0 Å². The Labute approximate surface area is 87.4 Å². The standard InChI is InChI=1S/C11H23N3/c1-13-5-3-4-10(8-13)9-14(2)11-6-12-7-11/h10-12H,3-9H2,1-2H3. The zero-order chi connectivity index (χ0) is 9.97. The van der Waals surface area contributed by atoms with Gasteiger partial charge in [-0.15, -0.1) is 0 Å². The van der Waals surface area contributed by atoms with Crippen molar-refractivity contribution in [3.8, 4) is 0 Å². The first-order valence-corrected chi connectivity index (χ1v) is 5.85. The van der Waals surface area contributed by atoms with Crippen molar-refractivity contribution in [1.29, 1.82) is 0 Å². The van der Waals surface area contributed by atoms with Crippen molar-refractivity contribution in [2.45, 2.75) is 18.9 Å². The lowest BCUT2D eigenvalue weighted by atomic mass is 9.97. The van der Waals surface area contributed by atoms with E-state index in [1.54, 1.807) is 0 Å². The Morgan fingerprint density at radius 1 is 1.43 bits per heavy atom. The fraction of sp³-hybridized carbons (Fsp3) is 1.00. The predicted molar refractivity (Wildman–Crippen MR) is 59.5 cm³/mol. The third-order valence-corrected chi connectivity index (χ3v) is 3.65. The first-order chi connectivity index (χ1) is 6.75. The second kappa shape index (κ2) is 4.60. The molecule has 0 spiro atoms. The van der Waals surface area contributed by atoms with Gasteiger partial charge >= 0.3 is 0 Å². The molecule has 0 radical (unpaired) electrons. The highest BCUT2D eigenvalue weighted by atomic mass is 15.2. The summed E-state index contributed by atoms with van der Waals surface area (Å²) in [5.41, 5.74) is 0. The summed E-state index contributed by atoms with van der Waals surface area (Å²) >= 11 is 0. The van der Waals surface area contributed by atoms with Crippen molar-refractivity contribution in [3.63, 3.8) is 0 Å². The summed E-state index contributed by atoms with van der Waals surface area (Å²) in [6.07, 6.45) is 2.81. The fourth-order valence-electron chi connectivity index (χ4n) is 2.56. The molecular weight excluding hydrogens is 174 g/mol. The van der Waals surface area contributed by atoms with Crippen molar-refractivity contribution < 1.29 is 0 Å². The molecule has 0 aromatic heterocycles. The average Bonchev–Trinajstić information content (AvgIpc) is 1.99. The van der Waals surface area contributed by atoms with Crippen LogP contribution in [0.15, 0.2) is 0 Å². The summed E-state index contributed by atoms with van der Waals surface area (Å²) in [6.45, 7) is 6.27. The normalized spacial score (nSPS) is 30.6. The third-order valence-electron chi connectivity index (χ3n) is 3.65. The van der Waals surface area contributed by atoms with Gasteiger partial charge in [0.15, 0.2) is 0 Å². The molecule has 14 heavy (non-hydrogen) atoms. The Kier molecular flexibility index (Phi) is 3.42. The molecular formula is C11H23N3. The van der Waals surface area contributed by atoms with Crippen molar-refractivity contribution in [2.24, 2.45) is 5.92 Å². The number of rotatable bonds is 3. The summed E-state index contributed by atoms with van der Waals surface area (Å²) in [5.74, 6) is 0.902. The zero-order valence-electron chi connectivity index (χ0n) is 9.50. The number of hydrogen-bond donors (Lipinski definition) is 1. The summed E-state index contributed by atoms with van der Waals surface area (Å²) in [6, 6.07) is 0.808. The van der Waals surface area contributed by atoms with Crippen molar-refractivity contribution in [1.82, 2.24) is 15.1 Å². The molecule has 0 bridgehead atoms. The van der Waals surface area contributed by atoms with Crippen LogP contribution in [0.25, 0.3) is 0 Å². The smallest absolute Gasteiger partial charge is 0.0342 e. The molecule has 0 amide bonds.